The fraction of sp³-hybridized carbons (Fsp3) is 0.647. The molecule has 0 amide bonds. The van der Waals surface area contributed by atoms with Gasteiger partial charge in [-0.15, -0.1) is 0 Å². The Morgan fingerprint density at radius 1 is 1.17 bits per heavy atom. The minimum atomic E-state index is -3.63. The molecule has 1 fully saturated rings. The molecule has 0 saturated carbocycles. The lowest BCUT2D eigenvalue weighted by atomic mass is 9.91. The molecule has 1 aromatic carbocycles. The monoisotopic (exact) mass is 355 g/mol. The molecule has 0 spiro atoms. The normalized spacial score (nSPS) is 24.4. The molecule has 2 aliphatic rings. The van der Waals surface area contributed by atoms with Crippen molar-refractivity contribution in [3.8, 4) is 5.75 Å². The van der Waals surface area contributed by atoms with Crippen LogP contribution in [0.1, 0.15) is 30.4 Å². The van der Waals surface area contributed by atoms with Crippen molar-refractivity contribution in [2.45, 2.75) is 49.1 Å². The summed E-state index contributed by atoms with van der Waals surface area (Å²) in [4.78, 5) is 0.360. The highest BCUT2D eigenvalue weighted by Gasteiger charge is 2.32. The van der Waals surface area contributed by atoms with E-state index in [9.17, 15) is 8.42 Å². The summed E-state index contributed by atoms with van der Waals surface area (Å²) in [5, 5.41) is 0. The smallest absolute Gasteiger partial charge is 0.241 e. The van der Waals surface area contributed by atoms with E-state index in [4.69, 9.17) is 14.2 Å². The van der Waals surface area contributed by atoms with Gasteiger partial charge in [0.1, 0.15) is 5.75 Å². The molecular formula is C17H25NO5S. The van der Waals surface area contributed by atoms with E-state index in [2.05, 4.69) is 4.72 Å². The fourth-order valence-corrected chi connectivity index (χ4v) is 5.16. The van der Waals surface area contributed by atoms with Gasteiger partial charge in [-0.3, -0.25) is 0 Å². The van der Waals surface area contributed by atoms with Gasteiger partial charge in [0.2, 0.25) is 10.0 Å². The highest BCUT2D eigenvalue weighted by molar-refractivity contribution is 7.89. The molecule has 1 N–H and O–H groups in total. The Morgan fingerprint density at radius 2 is 1.92 bits per heavy atom. The summed E-state index contributed by atoms with van der Waals surface area (Å²) in [6.07, 6.45) is 4.19. The van der Waals surface area contributed by atoms with Gasteiger partial charge in [0.25, 0.3) is 0 Å². The first kappa shape index (κ1) is 17.7. The molecule has 3 rings (SSSR count). The first-order valence-electron chi connectivity index (χ1n) is 8.38. The zero-order valence-corrected chi connectivity index (χ0v) is 15.0. The van der Waals surface area contributed by atoms with Gasteiger partial charge in [0.05, 0.1) is 30.8 Å². The quantitative estimate of drug-likeness (QED) is 0.869. The number of nitrogens with one attached hydrogen (secondary N) is 1. The van der Waals surface area contributed by atoms with Crippen LogP contribution in [-0.2, 0) is 32.3 Å². The molecule has 1 saturated heterocycles. The van der Waals surface area contributed by atoms with Crippen molar-refractivity contribution < 1.29 is 22.6 Å². The van der Waals surface area contributed by atoms with E-state index in [1.54, 1.807) is 26.4 Å². The standard InChI is InChI=1S/C17H25NO5S/c1-21-15-7-8-17(13-6-4-3-5-12(13)15)24(19,20)18-14-11-23-10-9-16(14)22-2/h7-8,14,16,18H,3-6,9-11H2,1-2H3/t14-,16-/m1/s1. The summed E-state index contributed by atoms with van der Waals surface area (Å²) in [6.45, 7) is 0.921. The van der Waals surface area contributed by atoms with E-state index in [0.29, 0.717) is 24.5 Å². The average Bonchev–Trinajstić information content (AvgIpc) is 2.60. The number of benzene rings is 1. The van der Waals surface area contributed by atoms with Crippen LogP contribution in [0.2, 0.25) is 0 Å². The second-order valence-electron chi connectivity index (χ2n) is 6.30. The summed E-state index contributed by atoms with van der Waals surface area (Å²) < 4.78 is 45.0. The lowest BCUT2D eigenvalue weighted by Crippen LogP contribution is -2.50. The maximum absolute atomic E-state index is 13.0. The van der Waals surface area contributed by atoms with Crippen LogP contribution in [-0.4, -0.2) is 48.0 Å². The van der Waals surface area contributed by atoms with Crippen LogP contribution < -0.4 is 9.46 Å². The van der Waals surface area contributed by atoms with Crippen LogP contribution in [0.15, 0.2) is 17.0 Å². The summed E-state index contributed by atoms with van der Waals surface area (Å²) in [5.74, 6) is 0.777. The third kappa shape index (κ3) is 3.44. The zero-order valence-electron chi connectivity index (χ0n) is 14.2. The van der Waals surface area contributed by atoms with Crippen molar-refractivity contribution in [1.82, 2.24) is 4.72 Å². The fourth-order valence-electron chi connectivity index (χ4n) is 3.62. The van der Waals surface area contributed by atoms with E-state index in [0.717, 1.165) is 42.6 Å². The predicted octanol–water partition coefficient (Wildman–Crippen LogP) is 1.66. The lowest BCUT2D eigenvalue weighted by molar-refractivity contribution is -0.0305. The molecule has 6 nitrogen and oxygen atoms in total. The van der Waals surface area contributed by atoms with Gasteiger partial charge in [-0.25, -0.2) is 13.1 Å². The molecule has 7 heteroatoms. The molecule has 1 aliphatic carbocycles. The van der Waals surface area contributed by atoms with Crippen LogP contribution in [0, 0.1) is 0 Å². The molecule has 1 aliphatic heterocycles. The predicted molar refractivity (Wildman–Crippen MR) is 90.0 cm³/mol. The minimum Gasteiger partial charge on any atom is -0.496 e. The first-order valence-corrected chi connectivity index (χ1v) is 9.86. The van der Waals surface area contributed by atoms with E-state index < -0.39 is 10.0 Å². The highest BCUT2D eigenvalue weighted by Crippen LogP contribution is 2.34. The number of hydrogen-bond donors (Lipinski definition) is 1. The Kier molecular flexibility index (Phi) is 5.44. The Balaban J connectivity index is 1.92. The third-order valence-electron chi connectivity index (χ3n) is 4.86. The number of methoxy groups -OCH3 is 2. The van der Waals surface area contributed by atoms with Crippen LogP contribution in [0.5, 0.6) is 5.75 Å². The van der Waals surface area contributed by atoms with Crippen LogP contribution >= 0.6 is 0 Å². The molecule has 0 radical (unpaired) electrons. The van der Waals surface area contributed by atoms with Crippen molar-refractivity contribution in [3.05, 3.63) is 23.3 Å². The van der Waals surface area contributed by atoms with Crippen LogP contribution in [0.25, 0.3) is 0 Å². The summed E-state index contributed by atoms with van der Waals surface area (Å²) in [6, 6.07) is 3.04. The van der Waals surface area contributed by atoms with Crippen LogP contribution in [0.3, 0.4) is 0 Å². The molecule has 1 heterocycles. The molecule has 1 aromatic rings. The summed E-state index contributed by atoms with van der Waals surface area (Å²) in [5.41, 5.74) is 1.91. The molecule has 24 heavy (non-hydrogen) atoms. The topological polar surface area (TPSA) is 73.9 Å². The van der Waals surface area contributed by atoms with Gasteiger partial charge in [-0.2, -0.15) is 0 Å². The number of hydrogen-bond acceptors (Lipinski definition) is 5. The lowest BCUT2D eigenvalue weighted by Gasteiger charge is -2.31. The zero-order chi connectivity index (χ0) is 17.2. The second kappa shape index (κ2) is 7.39. The summed E-state index contributed by atoms with van der Waals surface area (Å²) in [7, 11) is -0.407. The van der Waals surface area contributed by atoms with Gasteiger partial charge >= 0.3 is 0 Å². The largest absolute Gasteiger partial charge is 0.496 e. The molecular weight excluding hydrogens is 330 g/mol. The van der Waals surface area contributed by atoms with Crippen molar-refractivity contribution in [2.75, 3.05) is 27.4 Å². The number of fused-ring (bicyclic) bond motifs is 1. The molecule has 134 valence electrons. The van der Waals surface area contributed by atoms with Gasteiger partial charge in [0.15, 0.2) is 0 Å². The number of ether oxygens (including phenoxy) is 3. The van der Waals surface area contributed by atoms with Crippen molar-refractivity contribution in [3.63, 3.8) is 0 Å². The van der Waals surface area contributed by atoms with Gasteiger partial charge in [0, 0.05) is 13.7 Å². The van der Waals surface area contributed by atoms with Gasteiger partial charge in [-0.05, 0) is 55.4 Å². The first-order chi connectivity index (χ1) is 11.6. The molecule has 2 atom stereocenters. The Morgan fingerprint density at radius 3 is 2.62 bits per heavy atom. The number of rotatable bonds is 5. The van der Waals surface area contributed by atoms with Crippen molar-refractivity contribution >= 4 is 10.0 Å². The SMILES string of the molecule is COc1ccc(S(=O)(=O)N[C@@H]2COCC[C@H]2OC)c2c1CCCC2. The maximum atomic E-state index is 13.0. The summed E-state index contributed by atoms with van der Waals surface area (Å²) >= 11 is 0. The van der Waals surface area contributed by atoms with E-state index in [1.807, 2.05) is 0 Å². The van der Waals surface area contributed by atoms with Crippen LogP contribution in [0.4, 0.5) is 0 Å². The molecule has 0 aromatic heterocycles. The maximum Gasteiger partial charge on any atom is 0.241 e. The van der Waals surface area contributed by atoms with E-state index in [-0.39, 0.29) is 12.1 Å². The van der Waals surface area contributed by atoms with Gasteiger partial charge in [-0.1, -0.05) is 0 Å². The van der Waals surface area contributed by atoms with Gasteiger partial charge < -0.3 is 14.2 Å². The minimum absolute atomic E-state index is 0.164. The van der Waals surface area contributed by atoms with Crippen molar-refractivity contribution in [2.24, 2.45) is 0 Å². The Hall–Kier alpha value is -1.15. The Bertz CT molecular complexity index is 688. The number of sulfonamides is 1. The third-order valence-corrected chi connectivity index (χ3v) is 6.43. The van der Waals surface area contributed by atoms with E-state index >= 15 is 0 Å². The average molecular weight is 355 g/mol. The van der Waals surface area contributed by atoms with Crippen molar-refractivity contribution in [1.29, 1.82) is 0 Å². The van der Waals surface area contributed by atoms with E-state index in [1.165, 1.54) is 0 Å². The Labute approximate surface area is 143 Å². The second-order valence-corrected chi connectivity index (χ2v) is 7.98. The highest BCUT2D eigenvalue weighted by atomic mass is 32.2. The molecule has 0 bridgehead atoms. The molecule has 0 unspecified atom stereocenters.